The highest BCUT2D eigenvalue weighted by atomic mass is 79.9. The molecule has 2 aromatic heterocycles. The predicted molar refractivity (Wildman–Crippen MR) is 115 cm³/mol. The van der Waals surface area contributed by atoms with Crippen molar-refractivity contribution in [1.29, 1.82) is 0 Å². The molecule has 1 saturated heterocycles. The molecule has 0 saturated carbocycles. The average molecular weight is 456 g/mol. The Hall–Kier alpha value is -2.87. The van der Waals surface area contributed by atoms with Crippen LogP contribution in [0, 0.1) is 6.92 Å². The molecule has 0 aliphatic carbocycles. The Labute approximate surface area is 178 Å². The minimum absolute atomic E-state index is 0.00215. The zero-order chi connectivity index (χ0) is 20.4. The number of ether oxygens (including phenoxy) is 1. The number of rotatable bonds is 4. The molecule has 0 spiro atoms. The lowest BCUT2D eigenvalue weighted by Crippen LogP contribution is -2.49. The number of aryl methyl sites for hydroxylation is 1. The van der Waals surface area contributed by atoms with Crippen LogP contribution in [0.4, 0.5) is 5.82 Å². The maximum absolute atomic E-state index is 13.0. The Morgan fingerprint density at radius 2 is 1.72 bits per heavy atom. The van der Waals surface area contributed by atoms with Crippen LogP contribution >= 0.6 is 15.9 Å². The third-order valence-corrected chi connectivity index (χ3v) is 5.67. The van der Waals surface area contributed by atoms with Crippen LogP contribution in [0.15, 0.2) is 53.3 Å². The summed E-state index contributed by atoms with van der Waals surface area (Å²) in [6.07, 6.45) is 3.93. The van der Waals surface area contributed by atoms with Gasteiger partial charge in [0.2, 0.25) is 0 Å². The molecule has 1 amide bonds. The van der Waals surface area contributed by atoms with Gasteiger partial charge >= 0.3 is 0 Å². The Kier molecular flexibility index (Phi) is 5.53. The molecule has 1 fully saturated rings. The van der Waals surface area contributed by atoms with E-state index >= 15 is 0 Å². The number of hydrogen-bond donors (Lipinski definition) is 0. The topological polar surface area (TPSA) is 63.5 Å². The molecule has 0 radical (unpaired) electrons. The summed E-state index contributed by atoms with van der Waals surface area (Å²) in [5.74, 6) is 3.13. The van der Waals surface area contributed by atoms with Gasteiger partial charge in [0.25, 0.3) is 5.91 Å². The van der Waals surface area contributed by atoms with Gasteiger partial charge in [-0.25, -0.2) is 9.97 Å². The van der Waals surface area contributed by atoms with Gasteiger partial charge in [0.05, 0.1) is 12.7 Å². The van der Waals surface area contributed by atoms with Crippen molar-refractivity contribution >= 4 is 27.7 Å². The van der Waals surface area contributed by atoms with Crippen LogP contribution in [0.1, 0.15) is 16.2 Å². The van der Waals surface area contributed by atoms with E-state index in [1.807, 2.05) is 59.1 Å². The summed E-state index contributed by atoms with van der Waals surface area (Å²) in [6, 6.07) is 11.4. The highest BCUT2D eigenvalue weighted by molar-refractivity contribution is 9.10. The van der Waals surface area contributed by atoms with Gasteiger partial charge in [-0.1, -0.05) is 0 Å². The second-order valence-electron chi connectivity index (χ2n) is 6.85. The number of nitrogens with zero attached hydrogens (tertiary/aromatic N) is 5. The first-order valence-corrected chi connectivity index (χ1v) is 10.2. The molecule has 1 aromatic carbocycles. The monoisotopic (exact) mass is 455 g/mol. The molecule has 0 bridgehead atoms. The number of anilines is 1. The number of methoxy groups -OCH3 is 1. The smallest absolute Gasteiger partial charge is 0.255 e. The number of aromatic nitrogens is 3. The molecular weight excluding hydrogens is 434 g/mol. The van der Waals surface area contributed by atoms with Gasteiger partial charge in [-0.2, -0.15) is 0 Å². The quantitative estimate of drug-likeness (QED) is 0.603. The predicted octanol–water partition coefficient (Wildman–Crippen LogP) is 3.31. The Bertz CT molecular complexity index is 1010. The minimum atomic E-state index is 0.00215. The van der Waals surface area contributed by atoms with Crippen molar-refractivity contribution in [2.45, 2.75) is 6.92 Å². The maximum Gasteiger partial charge on any atom is 0.255 e. The normalized spacial score (nSPS) is 14.2. The van der Waals surface area contributed by atoms with Crippen molar-refractivity contribution in [3.63, 3.8) is 0 Å². The van der Waals surface area contributed by atoms with Crippen molar-refractivity contribution in [1.82, 2.24) is 19.4 Å². The number of benzene rings is 1. The molecule has 0 atom stereocenters. The van der Waals surface area contributed by atoms with Crippen LogP contribution in [0.2, 0.25) is 0 Å². The lowest BCUT2D eigenvalue weighted by atomic mass is 10.1. The van der Waals surface area contributed by atoms with E-state index in [9.17, 15) is 4.79 Å². The summed E-state index contributed by atoms with van der Waals surface area (Å²) < 4.78 is 8.00. The summed E-state index contributed by atoms with van der Waals surface area (Å²) in [6.45, 7) is 4.59. The van der Waals surface area contributed by atoms with Crippen molar-refractivity contribution < 1.29 is 9.53 Å². The molecule has 4 rings (SSSR count). The molecular formula is C21H22BrN5O2. The molecule has 7 nitrogen and oxygen atoms in total. The van der Waals surface area contributed by atoms with Crippen LogP contribution in [0.3, 0.4) is 0 Å². The number of carbonyl (C=O) groups excluding carboxylic acids is 1. The van der Waals surface area contributed by atoms with Crippen molar-refractivity contribution in [3.05, 3.63) is 64.7 Å². The first-order valence-electron chi connectivity index (χ1n) is 9.42. The first kappa shape index (κ1) is 19.4. The average Bonchev–Trinajstić information content (AvgIpc) is 3.28. The van der Waals surface area contributed by atoms with E-state index < -0.39 is 0 Å². The third kappa shape index (κ3) is 4.12. The van der Waals surface area contributed by atoms with Gasteiger partial charge in [0.15, 0.2) is 0 Å². The largest absolute Gasteiger partial charge is 0.497 e. The summed E-state index contributed by atoms with van der Waals surface area (Å²) in [5, 5.41) is 0. The summed E-state index contributed by atoms with van der Waals surface area (Å²) in [4.78, 5) is 26.2. The first-order chi connectivity index (χ1) is 14.0. The third-order valence-electron chi connectivity index (χ3n) is 4.97. The fraction of sp³-hybridized carbons (Fsp3) is 0.286. The van der Waals surface area contributed by atoms with Crippen LogP contribution in [0.25, 0.3) is 5.82 Å². The van der Waals surface area contributed by atoms with E-state index in [2.05, 4.69) is 30.8 Å². The van der Waals surface area contributed by atoms with E-state index in [1.165, 1.54) is 0 Å². The lowest BCUT2D eigenvalue weighted by Gasteiger charge is -2.35. The van der Waals surface area contributed by atoms with E-state index in [1.54, 1.807) is 13.2 Å². The Balaban J connectivity index is 1.48. The molecule has 3 aromatic rings. The lowest BCUT2D eigenvalue weighted by molar-refractivity contribution is 0.0745. The number of hydrogen-bond acceptors (Lipinski definition) is 5. The van der Waals surface area contributed by atoms with Crippen LogP contribution in [-0.4, -0.2) is 58.6 Å². The highest BCUT2D eigenvalue weighted by Crippen LogP contribution is 2.25. The summed E-state index contributed by atoms with van der Waals surface area (Å²) in [5.41, 5.74) is 0.616. The minimum Gasteiger partial charge on any atom is -0.497 e. The van der Waals surface area contributed by atoms with E-state index in [0.717, 1.165) is 35.0 Å². The molecule has 1 aliphatic heterocycles. The second-order valence-corrected chi connectivity index (χ2v) is 7.70. The van der Waals surface area contributed by atoms with E-state index in [-0.39, 0.29) is 5.91 Å². The molecule has 8 heteroatoms. The van der Waals surface area contributed by atoms with Gasteiger partial charge in [-0.05, 0) is 53.2 Å². The molecule has 3 heterocycles. The maximum atomic E-state index is 13.0. The van der Waals surface area contributed by atoms with Crippen LogP contribution in [0.5, 0.6) is 5.75 Å². The van der Waals surface area contributed by atoms with Gasteiger partial charge in [-0.3, -0.25) is 4.79 Å². The van der Waals surface area contributed by atoms with Gasteiger partial charge < -0.3 is 19.1 Å². The summed E-state index contributed by atoms with van der Waals surface area (Å²) >= 11 is 3.48. The fourth-order valence-corrected chi connectivity index (χ4v) is 3.84. The SMILES string of the molecule is COc1ccc(Br)c(C(=O)N2CCN(c3cc(-n4cccc4)nc(C)n3)CC2)c1. The van der Waals surface area contributed by atoms with Crippen molar-refractivity contribution in [2.24, 2.45) is 0 Å². The fourth-order valence-electron chi connectivity index (χ4n) is 3.42. The van der Waals surface area contributed by atoms with Gasteiger partial charge in [0, 0.05) is 49.1 Å². The Morgan fingerprint density at radius 3 is 2.41 bits per heavy atom. The van der Waals surface area contributed by atoms with Crippen LogP contribution < -0.4 is 9.64 Å². The standard InChI is InChI=1S/C21H22BrN5O2/c1-15-23-19(25-7-3-4-8-25)14-20(24-15)26-9-11-27(12-10-26)21(28)17-13-16(29-2)5-6-18(17)22/h3-8,13-14H,9-12H2,1-2H3. The van der Waals surface area contributed by atoms with E-state index in [0.29, 0.717) is 24.4 Å². The molecule has 29 heavy (non-hydrogen) atoms. The zero-order valence-corrected chi connectivity index (χ0v) is 18.0. The molecule has 0 N–H and O–H groups in total. The highest BCUT2D eigenvalue weighted by Gasteiger charge is 2.25. The second kappa shape index (κ2) is 8.24. The van der Waals surface area contributed by atoms with Crippen LogP contribution in [-0.2, 0) is 0 Å². The zero-order valence-electron chi connectivity index (χ0n) is 16.4. The number of carbonyl (C=O) groups is 1. The summed E-state index contributed by atoms with van der Waals surface area (Å²) in [7, 11) is 1.60. The van der Waals surface area contributed by atoms with Crippen molar-refractivity contribution in [2.75, 3.05) is 38.2 Å². The molecule has 1 aliphatic rings. The van der Waals surface area contributed by atoms with Crippen molar-refractivity contribution in [3.8, 4) is 11.6 Å². The molecule has 0 unspecified atom stereocenters. The van der Waals surface area contributed by atoms with Gasteiger partial charge in [-0.15, -0.1) is 0 Å². The Morgan fingerprint density at radius 1 is 1.03 bits per heavy atom. The number of piperazine rings is 1. The number of amides is 1. The van der Waals surface area contributed by atoms with E-state index in [4.69, 9.17) is 4.74 Å². The molecule has 150 valence electrons. The van der Waals surface area contributed by atoms with Gasteiger partial charge in [0.1, 0.15) is 23.2 Å². The number of halogens is 1.